The van der Waals surface area contributed by atoms with Crippen molar-refractivity contribution in [2.45, 2.75) is 90.6 Å². The van der Waals surface area contributed by atoms with Crippen molar-refractivity contribution in [1.29, 1.82) is 0 Å². The van der Waals surface area contributed by atoms with Gasteiger partial charge in [-0.3, -0.25) is 0 Å². The molecule has 0 aliphatic heterocycles. The molecule has 4 aliphatic carbocycles. The predicted molar refractivity (Wildman–Crippen MR) is 91.8 cm³/mol. The lowest BCUT2D eigenvalue weighted by atomic mass is 9.38. The van der Waals surface area contributed by atoms with Crippen molar-refractivity contribution >= 4 is 0 Å². The molecule has 0 amide bonds. The smallest absolute Gasteiger partial charge is 0.177 e. The van der Waals surface area contributed by atoms with Gasteiger partial charge in [0.2, 0.25) is 0 Å². The summed E-state index contributed by atoms with van der Waals surface area (Å²) in [4.78, 5) is 0. The first-order valence-corrected chi connectivity index (χ1v) is 9.13. The van der Waals surface area contributed by atoms with Gasteiger partial charge in [0.1, 0.15) is 0 Å². The maximum Gasteiger partial charge on any atom is 0.177 e. The van der Waals surface area contributed by atoms with Gasteiger partial charge in [0.25, 0.3) is 0 Å². The fraction of sp³-hybridized carbons (Fsp3) is 0.900. The second-order valence-electron chi connectivity index (χ2n) is 9.91. The van der Waals surface area contributed by atoms with Crippen LogP contribution < -0.4 is 0 Å². The van der Waals surface area contributed by atoms with Crippen molar-refractivity contribution in [3.8, 4) is 0 Å². The molecule has 0 saturated heterocycles. The summed E-state index contributed by atoms with van der Waals surface area (Å²) in [5, 5.41) is 21.1. The lowest BCUT2D eigenvalue weighted by Crippen LogP contribution is -2.65. The molecule has 3 atom stereocenters. The Balaban J connectivity index is 1.94. The Morgan fingerprint density at radius 3 is 2.00 bits per heavy atom. The Bertz CT molecular complexity index is 486. The van der Waals surface area contributed by atoms with Crippen LogP contribution in [0.25, 0.3) is 0 Å². The fourth-order valence-electron chi connectivity index (χ4n) is 6.19. The van der Waals surface area contributed by atoms with Crippen LogP contribution in [0.3, 0.4) is 0 Å². The van der Waals surface area contributed by atoms with Crippen LogP contribution in [-0.4, -0.2) is 27.7 Å². The van der Waals surface area contributed by atoms with Gasteiger partial charge in [0, 0.05) is 5.41 Å². The standard InChI is InChI=1S/C20H34O3/c1-13(2)16(21)23-18(5,6)20-10-14-7-15(11-20)9-19(8-14,12-20)17(3,4)22/h14-16,21-22H,1,7-12H2,2-6H3. The molecule has 23 heavy (non-hydrogen) atoms. The zero-order valence-electron chi connectivity index (χ0n) is 15.5. The first kappa shape index (κ1) is 17.4. The first-order valence-electron chi connectivity index (χ1n) is 9.13. The van der Waals surface area contributed by atoms with Crippen LogP contribution in [-0.2, 0) is 4.74 Å². The minimum absolute atomic E-state index is 0.00584. The Morgan fingerprint density at radius 2 is 1.57 bits per heavy atom. The topological polar surface area (TPSA) is 49.7 Å². The third-order valence-corrected chi connectivity index (χ3v) is 7.46. The molecule has 4 saturated carbocycles. The highest BCUT2D eigenvalue weighted by atomic mass is 16.6. The van der Waals surface area contributed by atoms with Gasteiger partial charge in [-0.25, -0.2) is 0 Å². The molecule has 0 heterocycles. The molecule has 0 radical (unpaired) electrons. The van der Waals surface area contributed by atoms with Gasteiger partial charge in [-0.1, -0.05) is 6.58 Å². The zero-order chi connectivity index (χ0) is 17.3. The Hall–Kier alpha value is -0.380. The van der Waals surface area contributed by atoms with Crippen LogP contribution in [0.1, 0.15) is 73.1 Å². The van der Waals surface area contributed by atoms with Crippen molar-refractivity contribution in [2.24, 2.45) is 22.7 Å². The van der Waals surface area contributed by atoms with Gasteiger partial charge in [-0.15, -0.1) is 0 Å². The molecule has 2 N–H and O–H groups in total. The van der Waals surface area contributed by atoms with E-state index < -0.39 is 17.5 Å². The average Bonchev–Trinajstić information content (AvgIpc) is 2.34. The number of aliphatic hydroxyl groups is 2. The van der Waals surface area contributed by atoms with Crippen molar-refractivity contribution in [2.75, 3.05) is 0 Å². The number of rotatable bonds is 5. The molecular formula is C20H34O3. The molecule has 0 aromatic rings. The van der Waals surface area contributed by atoms with Gasteiger partial charge in [0.05, 0.1) is 11.2 Å². The predicted octanol–water partition coefficient (Wildman–Crippen LogP) is 4.03. The maximum atomic E-state index is 10.9. The summed E-state index contributed by atoms with van der Waals surface area (Å²) in [6.45, 7) is 13.9. The molecule has 132 valence electrons. The number of ether oxygens (including phenoxy) is 1. The Morgan fingerprint density at radius 1 is 1.09 bits per heavy atom. The quantitative estimate of drug-likeness (QED) is 0.593. The van der Waals surface area contributed by atoms with Crippen molar-refractivity contribution < 1.29 is 14.9 Å². The fourth-order valence-corrected chi connectivity index (χ4v) is 6.19. The number of aliphatic hydroxyl groups excluding tert-OH is 1. The van der Waals surface area contributed by atoms with E-state index in [1.54, 1.807) is 6.92 Å². The van der Waals surface area contributed by atoms with E-state index in [0.717, 1.165) is 32.1 Å². The third-order valence-electron chi connectivity index (χ3n) is 7.46. The van der Waals surface area contributed by atoms with Crippen LogP contribution in [0.5, 0.6) is 0 Å². The number of hydrogen-bond acceptors (Lipinski definition) is 3. The van der Waals surface area contributed by atoms with Crippen LogP contribution in [0.2, 0.25) is 0 Å². The highest BCUT2D eigenvalue weighted by molar-refractivity contribution is 5.16. The molecule has 4 aliphatic rings. The maximum absolute atomic E-state index is 10.9. The minimum atomic E-state index is -0.906. The molecule has 3 heteroatoms. The van der Waals surface area contributed by atoms with E-state index in [1.807, 2.05) is 13.8 Å². The van der Waals surface area contributed by atoms with Gasteiger partial charge in [-0.05, 0) is 96.0 Å². The average molecular weight is 322 g/mol. The highest BCUT2D eigenvalue weighted by Gasteiger charge is 2.66. The largest absolute Gasteiger partial charge is 0.390 e. The van der Waals surface area contributed by atoms with E-state index in [0.29, 0.717) is 17.4 Å². The third kappa shape index (κ3) is 2.60. The highest BCUT2D eigenvalue weighted by Crippen LogP contribution is 2.71. The molecule has 4 bridgehead atoms. The van der Waals surface area contributed by atoms with Crippen LogP contribution in [0.15, 0.2) is 12.2 Å². The summed E-state index contributed by atoms with van der Waals surface area (Å²) < 4.78 is 6.12. The van der Waals surface area contributed by atoms with E-state index in [4.69, 9.17) is 4.74 Å². The zero-order valence-corrected chi connectivity index (χ0v) is 15.5. The van der Waals surface area contributed by atoms with Gasteiger partial charge < -0.3 is 14.9 Å². The summed E-state index contributed by atoms with van der Waals surface area (Å²) in [5.74, 6) is 1.38. The van der Waals surface area contributed by atoms with Crippen LogP contribution in [0.4, 0.5) is 0 Å². The molecule has 0 aromatic heterocycles. The summed E-state index contributed by atoms with van der Waals surface area (Å²) in [7, 11) is 0. The molecule has 0 aromatic carbocycles. The summed E-state index contributed by atoms with van der Waals surface area (Å²) in [6, 6.07) is 0. The monoisotopic (exact) mass is 322 g/mol. The van der Waals surface area contributed by atoms with E-state index in [1.165, 1.54) is 6.42 Å². The molecule has 0 spiro atoms. The first-order chi connectivity index (χ1) is 10.4. The summed E-state index contributed by atoms with van der Waals surface area (Å²) in [5.41, 5.74) is -0.363. The van der Waals surface area contributed by atoms with Crippen LogP contribution in [0, 0.1) is 22.7 Å². The normalized spacial score (nSPS) is 41.2. The summed E-state index contributed by atoms with van der Waals surface area (Å²) >= 11 is 0. The second kappa shape index (κ2) is 5.06. The lowest BCUT2D eigenvalue weighted by Gasteiger charge is -2.68. The second-order valence-corrected chi connectivity index (χ2v) is 9.91. The van der Waals surface area contributed by atoms with E-state index in [9.17, 15) is 10.2 Å². The van der Waals surface area contributed by atoms with Crippen molar-refractivity contribution in [3.05, 3.63) is 12.2 Å². The van der Waals surface area contributed by atoms with E-state index in [2.05, 4.69) is 20.4 Å². The SMILES string of the molecule is C=C(C)C(O)OC(C)(C)C12CC3CC(CC(C(C)(C)O)(C3)C1)C2. The summed E-state index contributed by atoms with van der Waals surface area (Å²) in [6.07, 6.45) is 6.03. The van der Waals surface area contributed by atoms with Gasteiger partial charge in [-0.2, -0.15) is 0 Å². The van der Waals surface area contributed by atoms with Gasteiger partial charge in [0.15, 0.2) is 6.29 Å². The Labute approximate surface area is 141 Å². The lowest BCUT2D eigenvalue weighted by molar-refractivity contribution is -0.273. The molecule has 3 unspecified atom stereocenters. The van der Waals surface area contributed by atoms with E-state index >= 15 is 0 Å². The molecule has 4 fully saturated rings. The molecular weight excluding hydrogens is 288 g/mol. The van der Waals surface area contributed by atoms with Crippen molar-refractivity contribution in [3.63, 3.8) is 0 Å². The molecule has 4 rings (SSSR count). The van der Waals surface area contributed by atoms with E-state index in [-0.39, 0.29) is 10.8 Å². The molecule has 3 nitrogen and oxygen atoms in total. The van der Waals surface area contributed by atoms with Crippen molar-refractivity contribution in [1.82, 2.24) is 0 Å². The minimum Gasteiger partial charge on any atom is -0.390 e. The van der Waals surface area contributed by atoms with Crippen LogP contribution >= 0.6 is 0 Å². The van der Waals surface area contributed by atoms with Gasteiger partial charge >= 0.3 is 0 Å². The Kier molecular flexibility index (Phi) is 3.84. The number of hydrogen-bond donors (Lipinski definition) is 2.